The van der Waals surface area contributed by atoms with Crippen molar-refractivity contribution in [2.24, 2.45) is 0 Å². The Hall–Kier alpha value is -0.360. The quantitative estimate of drug-likeness (QED) is 0.617. The van der Waals surface area contributed by atoms with Gasteiger partial charge in [0.05, 0.1) is 10.9 Å². The van der Waals surface area contributed by atoms with E-state index < -0.39 is 0 Å². The van der Waals surface area contributed by atoms with E-state index in [4.69, 9.17) is 4.74 Å². The molecule has 0 aliphatic rings. The van der Waals surface area contributed by atoms with Crippen LogP contribution in [0.25, 0.3) is 0 Å². The Balaban J connectivity index is 2.24. The highest BCUT2D eigenvalue weighted by atomic mass is 79.9. The van der Waals surface area contributed by atoms with Gasteiger partial charge < -0.3 is 10.1 Å². The third kappa shape index (κ3) is 4.81. The van der Waals surface area contributed by atoms with Gasteiger partial charge in [-0.25, -0.2) is 0 Å². The van der Waals surface area contributed by atoms with Crippen LogP contribution in [0.3, 0.4) is 0 Å². The van der Waals surface area contributed by atoms with Gasteiger partial charge in [-0.1, -0.05) is 22.9 Å². The molecule has 2 rings (SSSR count). The minimum absolute atomic E-state index is 0.310. The maximum atomic E-state index is 5.49. The SMILES string of the molecule is CCCNC(Cc1cc(Br)ccc1OC)c1ccc(Br)s1. The smallest absolute Gasteiger partial charge is 0.122 e. The van der Waals surface area contributed by atoms with Crippen molar-refractivity contribution in [3.8, 4) is 5.75 Å². The molecule has 1 atom stereocenters. The molecule has 0 radical (unpaired) electrons. The Kier molecular flexibility index (Phi) is 6.74. The van der Waals surface area contributed by atoms with Crippen LogP contribution in [0.1, 0.15) is 29.8 Å². The maximum Gasteiger partial charge on any atom is 0.122 e. The molecule has 21 heavy (non-hydrogen) atoms. The number of ether oxygens (including phenoxy) is 1. The van der Waals surface area contributed by atoms with Crippen molar-refractivity contribution in [1.29, 1.82) is 0 Å². The minimum atomic E-state index is 0.310. The summed E-state index contributed by atoms with van der Waals surface area (Å²) in [5.41, 5.74) is 1.21. The Morgan fingerprint density at radius 2 is 2.05 bits per heavy atom. The molecule has 0 amide bonds. The van der Waals surface area contributed by atoms with Gasteiger partial charge in [0.1, 0.15) is 5.75 Å². The van der Waals surface area contributed by atoms with Crippen LogP contribution in [-0.2, 0) is 6.42 Å². The first-order valence-corrected chi connectivity index (χ1v) is 9.35. The van der Waals surface area contributed by atoms with E-state index in [0.29, 0.717) is 6.04 Å². The van der Waals surface area contributed by atoms with Crippen LogP contribution in [0.5, 0.6) is 5.75 Å². The van der Waals surface area contributed by atoms with E-state index in [2.05, 4.69) is 62.3 Å². The van der Waals surface area contributed by atoms with Gasteiger partial charge >= 0.3 is 0 Å². The normalized spacial score (nSPS) is 12.4. The number of halogens is 2. The summed E-state index contributed by atoms with van der Waals surface area (Å²) in [4.78, 5) is 1.34. The second-order valence-corrected chi connectivity index (χ2v) is 8.22. The zero-order valence-corrected chi connectivity index (χ0v) is 16.1. The standard InChI is InChI=1S/C16H19Br2NOS/c1-3-8-19-13(15-6-7-16(18)21-15)10-11-9-12(17)4-5-14(11)20-2/h4-7,9,13,19H,3,8,10H2,1-2H3. The number of hydrogen-bond donors (Lipinski definition) is 1. The number of benzene rings is 1. The van der Waals surface area contributed by atoms with E-state index in [0.717, 1.165) is 29.6 Å². The summed E-state index contributed by atoms with van der Waals surface area (Å²) >= 11 is 8.88. The third-order valence-electron chi connectivity index (χ3n) is 3.24. The van der Waals surface area contributed by atoms with Crippen LogP contribution in [-0.4, -0.2) is 13.7 Å². The Labute approximate surface area is 147 Å². The second-order valence-electron chi connectivity index (χ2n) is 4.81. The molecule has 2 aromatic rings. The molecule has 1 N–H and O–H groups in total. The summed E-state index contributed by atoms with van der Waals surface area (Å²) in [7, 11) is 1.73. The highest BCUT2D eigenvalue weighted by Gasteiger charge is 2.16. The van der Waals surface area contributed by atoms with Gasteiger partial charge in [-0.05, 0) is 71.2 Å². The number of methoxy groups -OCH3 is 1. The van der Waals surface area contributed by atoms with E-state index in [1.807, 2.05) is 12.1 Å². The molecule has 0 spiro atoms. The Bertz CT molecular complexity index is 585. The van der Waals surface area contributed by atoms with Gasteiger partial charge in [0.15, 0.2) is 0 Å². The summed E-state index contributed by atoms with van der Waals surface area (Å²) in [6.45, 7) is 3.20. The molecular formula is C16H19Br2NOS. The summed E-state index contributed by atoms with van der Waals surface area (Å²) in [6.07, 6.45) is 2.04. The molecule has 1 unspecified atom stereocenters. The lowest BCUT2D eigenvalue weighted by molar-refractivity contribution is 0.405. The summed E-state index contributed by atoms with van der Waals surface area (Å²) in [5, 5.41) is 3.64. The van der Waals surface area contributed by atoms with Crippen LogP contribution in [0.2, 0.25) is 0 Å². The lowest BCUT2D eigenvalue weighted by Crippen LogP contribution is -2.23. The summed E-state index contributed by atoms with van der Waals surface area (Å²) < 4.78 is 7.74. The van der Waals surface area contributed by atoms with Crippen LogP contribution < -0.4 is 10.1 Å². The zero-order valence-electron chi connectivity index (χ0n) is 12.2. The third-order valence-corrected chi connectivity index (χ3v) is 5.48. The minimum Gasteiger partial charge on any atom is -0.496 e. The van der Waals surface area contributed by atoms with Crippen molar-refractivity contribution in [2.75, 3.05) is 13.7 Å². The average molecular weight is 433 g/mol. The van der Waals surface area contributed by atoms with Crippen LogP contribution >= 0.6 is 43.2 Å². The molecule has 0 saturated carbocycles. The van der Waals surface area contributed by atoms with Crippen LogP contribution in [0.4, 0.5) is 0 Å². The van der Waals surface area contributed by atoms with Crippen LogP contribution in [0.15, 0.2) is 38.6 Å². The fourth-order valence-electron chi connectivity index (χ4n) is 2.23. The monoisotopic (exact) mass is 431 g/mol. The lowest BCUT2D eigenvalue weighted by atomic mass is 10.0. The molecule has 0 saturated heterocycles. The first-order valence-electron chi connectivity index (χ1n) is 6.95. The zero-order chi connectivity index (χ0) is 15.2. The molecule has 0 fully saturated rings. The van der Waals surface area contributed by atoms with Crippen molar-refractivity contribution >= 4 is 43.2 Å². The van der Waals surface area contributed by atoms with Gasteiger partial charge in [-0.3, -0.25) is 0 Å². The van der Waals surface area contributed by atoms with E-state index >= 15 is 0 Å². The van der Waals surface area contributed by atoms with Gasteiger partial charge in [0.2, 0.25) is 0 Å². The van der Waals surface area contributed by atoms with E-state index in [9.17, 15) is 0 Å². The molecule has 1 heterocycles. The summed E-state index contributed by atoms with van der Waals surface area (Å²) in [6, 6.07) is 10.8. The largest absolute Gasteiger partial charge is 0.496 e. The van der Waals surface area contributed by atoms with Crippen molar-refractivity contribution < 1.29 is 4.74 Å². The van der Waals surface area contributed by atoms with E-state index in [1.54, 1.807) is 18.4 Å². The average Bonchev–Trinajstić information content (AvgIpc) is 2.90. The molecule has 114 valence electrons. The van der Waals surface area contributed by atoms with E-state index in [-0.39, 0.29) is 0 Å². The van der Waals surface area contributed by atoms with Crippen molar-refractivity contribution in [2.45, 2.75) is 25.8 Å². The first-order chi connectivity index (χ1) is 10.1. The van der Waals surface area contributed by atoms with Gasteiger partial charge in [-0.15, -0.1) is 11.3 Å². The summed E-state index contributed by atoms with van der Waals surface area (Å²) in [5.74, 6) is 0.942. The van der Waals surface area contributed by atoms with Gasteiger partial charge in [0.25, 0.3) is 0 Å². The lowest BCUT2D eigenvalue weighted by Gasteiger charge is -2.19. The van der Waals surface area contributed by atoms with E-state index in [1.165, 1.54) is 14.2 Å². The van der Waals surface area contributed by atoms with Crippen molar-refractivity contribution in [3.05, 3.63) is 49.0 Å². The number of hydrogen-bond acceptors (Lipinski definition) is 3. The number of nitrogens with one attached hydrogen (secondary N) is 1. The number of thiophene rings is 1. The Morgan fingerprint density at radius 3 is 2.67 bits per heavy atom. The molecule has 1 aromatic heterocycles. The Morgan fingerprint density at radius 1 is 1.24 bits per heavy atom. The molecule has 0 bridgehead atoms. The molecule has 0 aliphatic carbocycles. The molecule has 0 aliphatic heterocycles. The predicted molar refractivity (Wildman–Crippen MR) is 97.5 cm³/mol. The van der Waals surface area contributed by atoms with Crippen LogP contribution in [0, 0.1) is 0 Å². The fourth-order valence-corrected chi connectivity index (χ4v) is 4.14. The topological polar surface area (TPSA) is 21.3 Å². The molecule has 1 aromatic carbocycles. The van der Waals surface area contributed by atoms with Gasteiger partial charge in [-0.2, -0.15) is 0 Å². The maximum absolute atomic E-state index is 5.49. The van der Waals surface area contributed by atoms with Gasteiger partial charge in [0, 0.05) is 15.4 Å². The molecule has 2 nitrogen and oxygen atoms in total. The first kappa shape index (κ1) is 17.0. The highest BCUT2D eigenvalue weighted by Crippen LogP contribution is 2.32. The predicted octanol–water partition coefficient (Wildman–Crippen LogP) is 5.57. The molecular weight excluding hydrogens is 414 g/mol. The highest BCUT2D eigenvalue weighted by molar-refractivity contribution is 9.11. The fraction of sp³-hybridized carbons (Fsp3) is 0.375. The van der Waals surface area contributed by atoms with Crippen molar-refractivity contribution in [1.82, 2.24) is 5.32 Å². The van der Waals surface area contributed by atoms with Crippen molar-refractivity contribution in [3.63, 3.8) is 0 Å². The molecule has 5 heteroatoms. The number of rotatable bonds is 7. The second kappa shape index (κ2) is 8.32.